The van der Waals surface area contributed by atoms with E-state index in [1.807, 2.05) is 0 Å². The first-order valence-corrected chi connectivity index (χ1v) is 10.9. The Morgan fingerprint density at radius 2 is 1.60 bits per heavy atom. The van der Waals surface area contributed by atoms with Gasteiger partial charge in [0.05, 0.1) is 9.79 Å². The summed E-state index contributed by atoms with van der Waals surface area (Å²) >= 11 is 0. The van der Waals surface area contributed by atoms with Crippen molar-refractivity contribution in [1.82, 2.24) is 8.61 Å². The maximum Gasteiger partial charge on any atom is 0.318 e. The van der Waals surface area contributed by atoms with Gasteiger partial charge in [0.15, 0.2) is 0 Å². The van der Waals surface area contributed by atoms with Gasteiger partial charge in [-0.05, 0) is 43.5 Å². The average molecular weight is 390 g/mol. The summed E-state index contributed by atoms with van der Waals surface area (Å²) in [5.41, 5.74) is 0. The Balaban J connectivity index is 2.30. The lowest BCUT2D eigenvalue weighted by atomic mass is 10.4. The first-order valence-electron chi connectivity index (χ1n) is 8.01. The molecule has 1 fully saturated rings. The zero-order chi connectivity index (χ0) is 18.7. The summed E-state index contributed by atoms with van der Waals surface area (Å²) in [5.74, 6) is -1.25. The molecule has 2 rings (SSSR count). The third-order valence-electron chi connectivity index (χ3n) is 3.95. The Bertz CT molecular complexity index is 812. The second-order valence-electron chi connectivity index (χ2n) is 5.81. The predicted molar refractivity (Wildman–Crippen MR) is 91.1 cm³/mol. The minimum atomic E-state index is -4.00. The van der Waals surface area contributed by atoms with Crippen LogP contribution in [-0.2, 0) is 24.8 Å². The highest BCUT2D eigenvalue weighted by molar-refractivity contribution is 7.89. The lowest BCUT2D eigenvalue weighted by Crippen LogP contribution is -2.36. The number of sulfonamides is 2. The van der Waals surface area contributed by atoms with Crippen molar-refractivity contribution in [2.45, 2.75) is 36.0 Å². The highest BCUT2D eigenvalue weighted by atomic mass is 32.2. The van der Waals surface area contributed by atoms with Gasteiger partial charge in [0.25, 0.3) is 0 Å². The van der Waals surface area contributed by atoms with Crippen LogP contribution in [0.25, 0.3) is 0 Å². The van der Waals surface area contributed by atoms with Gasteiger partial charge >= 0.3 is 5.97 Å². The van der Waals surface area contributed by atoms with Crippen molar-refractivity contribution < 1.29 is 26.7 Å². The Morgan fingerprint density at radius 1 is 1.08 bits per heavy atom. The van der Waals surface area contributed by atoms with E-state index in [0.717, 1.165) is 17.1 Å². The minimum Gasteiger partial charge on any atom is -0.480 e. The smallest absolute Gasteiger partial charge is 0.318 e. The molecule has 0 unspecified atom stereocenters. The lowest BCUT2D eigenvalue weighted by Gasteiger charge is -2.20. The molecule has 0 atom stereocenters. The minimum absolute atomic E-state index is 0.0358. The number of nitrogens with zero attached hydrogens (tertiary/aromatic N) is 2. The van der Waals surface area contributed by atoms with E-state index in [9.17, 15) is 21.6 Å². The van der Waals surface area contributed by atoms with Crippen LogP contribution in [0.2, 0.25) is 0 Å². The van der Waals surface area contributed by atoms with Crippen molar-refractivity contribution in [1.29, 1.82) is 0 Å². The summed E-state index contributed by atoms with van der Waals surface area (Å²) in [6, 6.07) is 4.93. The third-order valence-corrected chi connectivity index (χ3v) is 7.72. The number of aliphatic carboxylic acids is 1. The highest BCUT2D eigenvalue weighted by Crippen LogP contribution is 2.23. The van der Waals surface area contributed by atoms with Crippen LogP contribution < -0.4 is 0 Å². The zero-order valence-electron chi connectivity index (χ0n) is 14.0. The van der Waals surface area contributed by atoms with Gasteiger partial charge in [-0.3, -0.25) is 4.79 Å². The monoisotopic (exact) mass is 390 g/mol. The first-order chi connectivity index (χ1) is 11.7. The molecule has 0 aliphatic carbocycles. The molecule has 1 N–H and O–H groups in total. The second kappa shape index (κ2) is 7.81. The number of hydrogen-bond acceptors (Lipinski definition) is 5. The fraction of sp³-hybridized carbons (Fsp3) is 0.533. The molecule has 1 aliphatic heterocycles. The molecule has 0 bridgehead atoms. The van der Waals surface area contributed by atoms with Crippen molar-refractivity contribution in [3.8, 4) is 0 Å². The molecule has 25 heavy (non-hydrogen) atoms. The van der Waals surface area contributed by atoms with Gasteiger partial charge in [0, 0.05) is 19.6 Å². The molecular weight excluding hydrogens is 368 g/mol. The summed E-state index contributed by atoms with van der Waals surface area (Å²) in [4.78, 5) is 10.8. The molecule has 0 spiro atoms. The van der Waals surface area contributed by atoms with Crippen LogP contribution in [0.5, 0.6) is 0 Å². The van der Waals surface area contributed by atoms with Crippen LogP contribution >= 0.6 is 0 Å². The number of carboxylic acid groups (broad SMARTS) is 1. The molecule has 1 aliphatic rings. The Labute approximate surface area is 148 Å². The molecule has 8 nitrogen and oxygen atoms in total. The highest BCUT2D eigenvalue weighted by Gasteiger charge is 2.29. The number of benzene rings is 1. The average Bonchev–Trinajstić information content (AvgIpc) is 3.09. The molecule has 0 radical (unpaired) electrons. The van der Waals surface area contributed by atoms with E-state index >= 15 is 0 Å². The fourth-order valence-electron chi connectivity index (χ4n) is 2.69. The third kappa shape index (κ3) is 4.38. The van der Waals surface area contributed by atoms with E-state index in [4.69, 9.17) is 5.11 Å². The van der Waals surface area contributed by atoms with E-state index in [-0.39, 0.29) is 16.3 Å². The van der Waals surface area contributed by atoms with Gasteiger partial charge in [-0.1, -0.05) is 6.92 Å². The predicted octanol–water partition coefficient (Wildman–Crippen LogP) is 0.956. The van der Waals surface area contributed by atoms with E-state index in [0.29, 0.717) is 19.5 Å². The van der Waals surface area contributed by atoms with Crippen molar-refractivity contribution in [2.24, 2.45) is 0 Å². The molecule has 1 saturated heterocycles. The first kappa shape index (κ1) is 19.8. The summed E-state index contributed by atoms with van der Waals surface area (Å²) in [5, 5.41) is 8.90. The van der Waals surface area contributed by atoms with Crippen LogP contribution in [-0.4, -0.2) is 62.7 Å². The molecule has 10 heteroatoms. The molecule has 0 amide bonds. The van der Waals surface area contributed by atoms with Crippen LogP contribution in [0, 0.1) is 0 Å². The van der Waals surface area contributed by atoms with Crippen molar-refractivity contribution in [3.05, 3.63) is 24.3 Å². The molecule has 1 aromatic rings. The van der Waals surface area contributed by atoms with Gasteiger partial charge < -0.3 is 5.11 Å². The Hall–Kier alpha value is -1.49. The van der Waals surface area contributed by atoms with Gasteiger partial charge in [0.2, 0.25) is 20.0 Å². The van der Waals surface area contributed by atoms with Crippen molar-refractivity contribution >= 4 is 26.0 Å². The van der Waals surface area contributed by atoms with Crippen LogP contribution in [0.1, 0.15) is 26.2 Å². The molecule has 0 saturated carbocycles. The topological polar surface area (TPSA) is 112 Å². The normalized spacial score (nSPS) is 16.4. The SMILES string of the molecule is CCCN(CC(=O)O)S(=O)(=O)c1ccc(S(=O)(=O)N2CCCC2)cc1. The van der Waals surface area contributed by atoms with E-state index < -0.39 is 32.6 Å². The van der Waals surface area contributed by atoms with Crippen LogP contribution in [0.4, 0.5) is 0 Å². The summed E-state index contributed by atoms with van der Waals surface area (Å²) in [6.45, 7) is 2.11. The van der Waals surface area contributed by atoms with Crippen LogP contribution in [0.15, 0.2) is 34.1 Å². The zero-order valence-corrected chi connectivity index (χ0v) is 15.6. The molecule has 1 heterocycles. The van der Waals surface area contributed by atoms with Gasteiger partial charge in [-0.25, -0.2) is 16.8 Å². The number of hydrogen-bond donors (Lipinski definition) is 1. The quantitative estimate of drug-likeness (QED) is 0.707. The molecule has 1 aromatic carbocycles. The van der Waals surface area contributed by atoms with Gasteiger partial charge in [-0.15, -0.1) is 0 Å². The standard InChI is InChI=1S/C15H22N2O6S2/c1-2-9-17(12-15(18)19)25(22,23)14-7-5-13(6-8-14)24(20,21)16-10-3-4-11-16/h5-8H,2-4,9-12H2,1H3,(H,18,19). The van der Waals surface area contributed by atoms with E-state index in [2.05, 4.69) is 0 Å². The number of rotatable bonds is 8. The maximum atomic E-state index is 12.6. The summed E-state index contributed by atoms with van der Waals surface area (Å²) < 4.78 is 52.3. The van der Waals surface area contributed by atoms with E-state index in [1.165, 1.54) is 28.6 Å². The van der Waals surface area contributed by atoms with Crippen molar-refractivity contribution in [2.75, 3.05) is 26.2 Å². The summed E-state index contributed by atoms with van der Waals surface area (Å²) in [7, 11) is -7.62. The van der Waals surface area contributed by atoms with Crippen molar-refractivity contribution in [3.63, 3.8) is 0 Å². The van der Waals surface area contributed by atoms with Gasteiger partial charge in [-0.2, -0.15) is 8.61 Å². The molecular formula is C15H22N2O6S2. The Kier molecular flexibility index (Phi) is 6.20. The lowest BCUT2D eigenvalue weighted by molar-refractivity contribution is -0.137. The van der Waals surface area contributed by atoms with Crippen LogP contribution in [0.3, 0.4) is 0 Å². The molecule has 0 aromatic heterocycles. The Morgan fingerprint density at radius 3 is 2.08 bits per heavy atom. The number of carbonyl (C=O) groups is 1. The second-order valence-corrected chi connectivity index (χ2v) is 9.69. The maximum absolute atomic E-state index is 12.6. The molecule has 140 valence electrons. The van der Waals surface area contributed by atoms with Gasteiger partial charge in [0.1, 0.15) is 6.54 Å². The largest absolute Gasteiger partial charge is 0.480 e. The summed E-state index contributed by atoms with van der Waals surface area (Å²) in [6.07, 6.45) is 2.09. The fourth-order valence-corrected chi connectivity index (χ4v) is 5.69. The van der Waals surface area contributed by atoms with E-state index in [1.54, 1.807) is 6.92 Å². The number of carboxylic acids is 1.